The van der Waals surface area contributed by atoms with Gasteiger partial charge in [0.2, 0.25) is 0 Å². The van der Waals surface area contributed by atoms with E-state index in [-0.39, 0.29) is 17.7 Å². The SMILES string of the molecule is C#CCN1C(=O)SC(=Cc2cc(C)n(-c3ccc(N(C)C)cc3)c2C)C1=O. The Morgan fingerprint density at radius 2 is 1.85 bits per heavy atom. The van der Waals surface area contributed by atoms with Crippen molar-refractivity contribution >= 4 is 34.7 Å². The molecule has 0 saturated carbocycles. The topological polar surface area (TPSA) is 45.6 Å². The summed E-state index contributed by atoms with van der Waals surface area (Å²) in [4.78, 5) is 27.9. The van der Waals surface area contributed by atoms with Gasteiger partial charge < -0.3 is 9.47 Å². The average Bonchev–Trinajstić information content (AvgIpc) is 3.05. The molecule has 138 valence electrons. The predicted octanol–water partition coefficient (Wildman–Crippen LogP) is 3.83. The van der Waals surface area contributed by atoms with Crippen molar-refractivity contribution in [3.05, 3.63) is 52.2 Å². The van der Waals surface area contributed by atoms with Gasteiger partial charge in [0.1, 0.15) is 0 Å². The number of aromatic nitrogens is 1. The van der Waals surface area contributed by atoms with Crippen molar-refractivity contribution in [2.45, 2.75) is 13.8 Å². The van der Waals surface area contributed by atoms with Crippen LogP contribution in [0.1, 0.15) is 17.0 Å². The number of benzene rings is 1. The van der Waals surface area contributed by atoms with Crippen LogP contribution in [0.15, 0.2) is 35.2 Å². The average molecular weight is 379 g/mol. The molecule has 0 spiro atoms. The lowest BCUT2D eigenvalue weighted by atomic mass is 10.2. The van der Waals surface area contributed by atoms with E-state index in [1.165, 1.54) is 0 Å². The van der Waals surface area contributed by atoms with Crippen molar-refractivity contribution in [2.24, 2.45) is 0 Å². The Morgan fingerprint density at radius 1 is 1.19 bits per heavy atom. The minimum Gasteiger partial charge on any atom is -0.378 e. The maximum absolute atomic E-state index is 12.4. The van der Waals surface area contributed by atoms with Gasteiger partial charge in [-0.15, -0.1) is 6.42 Å². The first-order valence-corrected chi connectivity index (χ1v) is 9.30. The number of carbonyl (C=O) groups is 2. The minimum absolute atomic E-state index is 0.000742. The maximum Gasteiger partial charge on any atom is 0.294 e. The molecular weight excluding hydrogens is 358 g/mol. The van der Waals surface area contributed by atoms with Crippen molar-refractivity contribution < 1.29 is 9.59 Å². The molecule has 1 aliphatic heterocycles. The van der Waals surface area contributed by atoms with Gasteiger partial charge in [-0.2, -0.15) is 0 Å². The fraction of sp³-hybridized carbons (Fsp3) is 0.238. The quantitative estimate of drug-likeness (QED) is 0.598. The van der Waals surface area contributed by atoms with E-state index in [1.807, 2.05) is 34.0 Å². The lowest BCUT2D eigenvalue weighted by Crippen LogP contribution is -2.28. The third-order valence-corrected chi connectivity index (χ3v) is 5.41. The molecule has 0 atom stereocenters. The summed E-state index contributed by atoms with van der Waals surface area (Å²) in [5, 5.41) is -0.322. The molecule has 2 amide bonds. The Hall–Kier alpha value is -2.91. The summed E-state index contributed by atoms with van der Waals surface area (Å²) >= 11 is 0.930. The molecule has 0 N–H and O–H groups in total. The van der Waals surface area contributed by atoms with Crippen LogP contribution in [0.5, 0.6) is 0 Å². The van der Waals surface area contributed by atoms with E-state index in [1.54, 1.807) is 6.08 Å². The lowest BCUT2D eigenvalue weighted by Gasteiger charge is -2.14. The number of carbonyl (C=O) groups excluding carboxylic acids is 2. The van der Waals surface area contributed by atoms with Crippen LogP contribution in [0.4, 0.5) is 10.5 Å². The molecule has 1 saturated heterocycles. The van der Waals surface area contributed by atoms with Crippen LogP contribution < -0.4 is 4.90 Å². The standard InChI is InChI=1S/C21H21N3O2S/c1-6-11-23-20(25)19(27-21(23)26)13-16-12-14(2)24(15(16)3)18-9-7-17(8-10-18)22(4)5/h1,7-10,12-13H,11H2,2-5H3. The van der Waals surface area contributed by atoms with Gasteiger partial charge in [0, 0.05) is 36.9 Å². The van der Waals surface area contributed by atoms with Crippen LogP contribution in [0.25, 0.3) is 11.8 Å². The van der Waals surface area contributed by atoms with Gasteiger partial charge in [0.25, 0.3) is 11.1 Å². The molecule has 1 aromatic heterocycles. The van der Waals surface area contributed by atoms with E-state index in [0.717, 1.165) is 45.0 Å². The van der Waals surface area contributed by atoms with E-state index in [2.05, 4.69) is 39.7 Å². The van der Waals surface area contributed by atoms with Crippen LogP contribution in [-0.2, 0) is 4.79 Å². The number of amides is 2. The molecule has 0 unspecified atom stereocenters. The maximum atomic E-state index is 12.4. The van der Waals surface area contributed by atoms with Gasteiger partial charge in [0.05, 0.1) is 11.4 Å². The van der Waals surface area contributed by atoms with Crippen molar-refractivity contribution in [1.29, 1.82) is 0 Å². The zero-order valence-electron chi connectivity index (χ0n) is 15.8. The number of thioether (sulfide) groups is 1. The van der Waals surface area contributed by atoms with E-state index >= 15 is 0 Å². The van der Waals surface area contributed by atoms with Gasteiger partial charge in [-0.05, 0) is 67.6 Å². The number of hydrogen-bond acceptors (Lipinski definition) is 4. The normalized spacial score (nSPS) is 15.5. The van der Waals surface area contributed by atoms with Crippen LogP contribution in [0.3, 0.4) is 0 Å². The molecule has 2 aromatic rings. The zero-order valence-corrected chi connectivity index (χ0v) is 16.6. The van der Waals surface area contributed by atoms with Crippen molar-refractivity contribution in [2.75, 3.05) is 25.5 Å². The number of rotatable bonds is 4. The fourth-order valence-corrected chi connectivity index (χ4v) is 3.93. The molecule has 5 nitrogen and oxygen atoms in total. The van der Waals surface area contributed by atoms with E-state index < -0.39 is 0 Å². The highest BCUT2D eigenvalue weighted by Gasteiger charge is 2.34. The van der Waals surface area contributed by atoms with E-state index in [4.69, 9.17) is 6.42 Å². The van der Waals surface area contributed by atoms with Crippen LogP contribution >= 0.6 is 11.8 Å². The summed E-state index contributed by atoms with van der Waals surface area (Å²) in [6.07, 6.45) is 7.01. The Kier molecular flexibility index (Phi) is 5.15. The van der Waals surface area contributed by atoms with Gasteiger partial charge in [-0.25, -0.2) is 0 Å². The summed E-state index contributed by atoms with van der Waals surface area (Å²) in [6, 6.07) is 10.3. The Morgan fingerprint density at radius 3 is 2.44 bits per heavy atom. The van der Waals surface area contributed by atoms with Crippen LogP contribution in [-0.4, -0.2) is 41.3 Å². The molecule has 1 fully saturated rings. The first-order chi connectivity index (χ1) is 12.8. The second kappa shape index (κ2) is 7.37. The zero-order chi connectivity index (χ0) is 19.7. The van der Waals surface area contributed by atoms with Crippen LogP contribution in [0, 0.1) is 26.2 Å². The molecular formula is C21H21N3O2S. The number of nitrogens with zero attached hydrogens (tertiary/aromatic N) is 3. The van der Waals surface area contributed by atoms with Crippen molar-refractivity contribution in [1.82, 2.24) is 9.47 Å². The lowest BCUT2D eigenvalue weighted by molar-refractivity contribution is -0.122. The second-order valence-corrected chi connectivity index (χ2v) is 7.54. The van der Waals surface area contributed by atoms with Gasteiger partial charge in [-0.1, -0.05) is 5.92 Å². The van der Waals surface area contributed by atoms with Crippen molar-refractivity contribution in [3.63, 3.8) is 0 Å². The Balaban J connectivity index is 1.96. The summed E-state index contributed by atoms with van der Waals surface area (Å²) in [5.41, 5.74) is 5.16. The number of hydrogen-bond donors (Lipinski definition) is 0. The first-order valence-electron chi connectivity index (χ1n) is 8.49. The van der Waals surface area contributed by atoms with Crippen LogP contribution in [0.2, 0.25) is 0 Å². The van der Waals surface area contributed by atoms with E-state index in [0.29, 0.717) is 4.91 Å². The highest BCUT2D eigenvalue weighted by molar-refractivity contribution is 8.18. The third-order valence-electron chi connectivity index (χ3n) is 4.50. The molecule has 3 rings (SSSR count). The van der Waals surface area contributed by atoms with Crippen molar-refractivity contribution in [3.8, 4) is 18.0 Å². The number of anilines is 1. The molecule has 2 heterocycles. The highest BCUT2D eigenvalue weighted by atomic mass is 32.2. The molecule has 0 radical (unpaired) electrons. The fourth-order valence-electron chi connectivity index (χ4n) is 3.10. The van der Waals surface area contributed by atoms with E-state index in [9.17, 15) is 9.59 Å². The monoisotopic (exact) mass is 379 g/mol. The number of imide groups is 1. The smallest absolute Gasteiger partial charge is 0.294 e. The largest absolute Gasteiger partial charge is 0.378 e. The highest BCUT2D eigenvalue weighted by Crippen LogP contribution is 2.33. The molecule has 0 bridgehead atoms. The molecule has 1 aromatic carbocycles. The molecule has 27 heavy (non-hydrogen) atoms. The first kappa shape index (κ1) is 18.9. The summed E-state index contributed by atoms with van der Waals surface area (Å²) in [5.74, 6) is 2.02. The summed E-state index contributed by atoms with van der Waals surface area (Å²) in [6.45, 7) is 4.03. The third kappa shape index (κ3) is 3.51. The molecule has 1 aliphatic rings. The summed E-state index contributed by atoms with van der Waals surface area (Å²) < 4.78 is 2.14. The molecule has 0 aliphatic carbocycles. The van der Waals surface area contributed by atoms with Gasteiger partial charge in [-0.3, -0.25) is 14.5 Å². The minimum atomic E-state index is -0.330. The molecule has 6 heteroatoms. The summed E-state index contributed by atoms with van der Waals surface area (Å²) in [7, 11) is 4.01. The Labute approximate surface area is 163 Å². The van der Waals surface area contributed by atoms with Gasteiger partial charge in [0.15, 0.2) is 0 Å². The predicted molar refractivity (Wildman–Crippen MR) is 111 cm³/mol. The number of terminal acetylenes is 1. The number of aryl methyl sites for hydroxylation is 1. The Bertz CT molecular complexity index is 978. The van der Waals surface area contributed by atoms with Gasteiger partial charge >= 0.3 is 0 Å². The second-order valence-electron chi connectivity index (χ2n) is 6.54.